The van der Waals surface area contributed by atoms with E-state index in [-0.39, 0.29) is 0 Å². The van der Waals surface area contributed by atoms with Crippen LogP contribution < -0.4 is 5.32 Å². The molecule has 0 radical (unpaired) electrons. The Balaban J connectivity index is 2.01. The van der Waals surface area contributed by atoms with Gasteiger partial charge in [0, 0.05) is 18.3 Å². The molecule has 0 aliphatic carbocycles. The predicted octanol–water partition coefficient (Wildman–Crippen LogP) is 2.93. The van der Waals surface area contributed by atoms with Crippen molar-refractivity contribution in [2.45, 2.75) is 32.2 Å². The second-order valence-corrected chi connectivity index (χ2v) is 5.17. The van der Waals surface area contributed by atoms with E-state index in [1.165, 1.54) is 24.2 Å². The molecular weight excluding hydrogens is 196 g/mol. The molecule has 1 fully saturated rings. The number of likely N-dealkylation sites (tertiary alicyclic amines) is 1. The van der Waals surface area contributed by atoms with Gasteiger partial charge in [0.05, 0.1) is 0 Å². The Morgan fingerprint density at radius 3 is 2.81 bits per heavy atom. The van der Waals surface area contributed by atoms with E-state index in [0.717, 1.165) is 6.54 Å². The molecule has 1 heterocycles. The van der Waals surface area contributed by atoms with Crippen LogP contribution in [0.1, 0.15) is 31.7 Å². The van der Waals surface area contributed by atoms with E-state index < -0.39 is 0 Å². The lowest BCUT2D eigenvalue weighted by atomic mass is 10.0. The molecule has 0 aromatic heterocycles. The first-order chi connectivity index (χ1) is 7.65. The van der Waals surface area contributed by atoms with Crippen molar-refractivity contribution in [1.29, 1.82) is 0 Å². The molecular formula is C14H22N2. The van der Waals surface area contributed by atoms with Crippen LogP contribution in [0.4, 0.5) is 5.69 Å². The smallest absolute Gasteiger partial charge is 0.0400 e. The maximum absolute atomic E-state index is 3.62. The lowest BCUT2D eigenvalue weighted by Crippen LogP contribution is -2.23. The van der Waals surface area contributed by atoms with Gasteiger partial charge in [0.2, 0.25) is 0 Å². The number of likely N-dealkylation sites (N-methyl/N-ethyl adjacent to an activating group) is 1. The van der Waals surface area contributed by atoms with Gasteiger partial charge in [-0.2, -0.15) is 0 Å². The average Bonchev–Trinajstić information content (AvgIpc) is 2.64. The lowest BCUT2D eigenvalue weighted by molar-refractivity contribution is 0.414. The van der Waals surface area contributed by atoms with Gasteiger partial charge >= 0.3 is 0 Å². The first-order valence-electron chi connectivity index (χ1n) is 6.20. The Labute approximate surface area is 98.7 Å². The third-order valence-electron chi connectivity index (χ3n) is 3.32. The van der Waals surface area contributed by atoms with E-state index in [0.29, 0.717) is 12.0 Å². The van der Waals surface area contributed by atoms with Crippen LogP contribution >= 0.6 is 0 Å². The molecule has 0 bridgehead atoms. The highest BCUT2D eigenvalue weighted by molar-refractivity contribution is 5.47. The maximum Gasteiger partial charge on any atom is 0.0400 e. The molecule has 1 unspecified atom stereocenters. The van der Waals surface area contributed by atoms with Crippen LogP contribution in [0.25, 0.3) is 0 Å². The number of hydrogen-bond acceptors (Lipinski definition) is 2. The molecule has 1 saturated heterocycles. The largest absolute Gasteiger partial charge is 0.381 e. The van der Waals surface area contributed by atoms with Crippen molar-refractivity contribution in [2.75, 3.05) is 25.5 Å². The zero-order valence-electron chi connectivity index (χ0n) is 10.5. The Kier molecular flexibility index (Phi) is 3.49. The summed E-state index contributed by atoms with van der Waals surface area (Å²) in [6.07, 6.45) is 1.25. The third kappa shape index (κ3) is 2.76. The highest BCUT2D eigenvalue weighted by atomic mass is 15.2. The molecule has 0 amide bonds. The van der Waals surface area contributed by atoms with Crippen LogP contribution in [0.15, 0.2) is 24.3 Å². The Morgan fingerprint density at radius 2 is 2.19 bits per heavy atom. The standard InChI is InChI=1S/C14H22N2/c1-11(2)12-5-4-6-13(9-12)15-14-7-8-16(3)10-14/h4-6,9,11,14-15H,7-8,10H2,1-3H3. The third-order valence-corrected chi connectivity index (χ3v) is 3.32. The second-order valence-electron chi connectivity index (χ2n) is 5.17. The maximum atomic E-state index is 3.62. The molecule has 2 rings (SSSR count). The lowest BCUT2D eigenvalue weighted by Gasteiger charge is -2.15. The van der Waals surface area contributed by atoms with Crippen LogP contribution in [-0.2, 0) is 0 Å². The highest BCUT2D eigenvalue weighted by Gasteiger charge is 2.18. The number of anilines is 1. The van der Waals surface area contributed by atoms with E-state index in [1.54, 1.807) is 0 Å². The van der Waals surface area contributed by atoms with Crippen LogP contribution in [0.2, 0.25) is 0 Å². The van der Waals surface area contributed by atoms with Crippen molar-refractivity contribution in [3.05, 3.63) is 29.8 Å². The molecule has 2 heteroatoms. The van der Waals surface area contributed by atoms with Crippen LogP contribution in [0.5, 0.6) is 0 Å². The summed E-state index contributed by atoms with van der Waals surface area (Å²) >= 11 is 0. The summed E-state index contributed by atoms with van der Waals surface area (Å²) in [5, 5.41) is 3.62. The monoisotopic (exact) mass is 218 g/mol. The van der Waals surface area contributed by atoms with Gasteiger partial charge in [-0.1, -0.05) is 26.0 Å². The summed E-state index contributed by atoms with van der Waals surface area (Å²) < 4.78 is 0. The average molecular weight is 218 g/mol. The molecule has 88 valence electrons. The van der Waals surface area contributed by atoms with Crippen LogP contribution in [0.3, 0.4) is 0 Å². The fourth-order valence-electron chi connectivity index (χ4n) is 2.28. The molecule has 0 spiro atoms. The molecule has 1 aromatic carbocycles. The van der Waals surface area contributed by atoms with Gasteiger partial charge in [0.25, 0.3) is 0 Å². The number of hydrogen-bond donors (Lipinski definition) is 1. The topological polar surface area (TPSA) is 15.3 Å². The Morgan fingerprint density at radius 1 is 1.38 bits per heavy atom. The summed E-state index contributed by atoms with van der Waals surface area (Å²) in [5.74, 6) is 0.605. The Bertz CT molecular complexity index is 346. The zero-order valence-corrected chi connectivity index (χ0v) is 10.5. The molecule has 1 aliphatic rings. The molecule has 1 aromatic rings. The van der Waals surface area contributed by atoms with Crippen molar-refractivity contribution in [3.8, 4) is 0 Å². The molecule has 2 nitrogen and oxygen atoms in total. The Hall–Kier alpha value is -1.02. The first-order valence-corrected chi connectivity index (χ1v) is 6.20. The molecule has 1 N–H and O–H groups in total. The van der Waals surface area contributed by atoms with E-state index in [9.17, 15) is 0 Å². The van der Waals surface area contributed by atoms with Crippen LogP contribution in [0, 0.1) is 0 Å². The number of rotatable bonds is 3. The van der Waals surface area contributed by atoms with Crippen molar-refractivity contribution >= 4 is 5.69 Å². The molecule has 1 atom stereocenters. The molecule has 16 heavy (non-hydrogen) atoms. The summed E-state index contributed by atoms with van der Waals surface area (Å²) in [7, 11) is 2.19. The predicted molar refractivity (Wildman–Crippen MR) is 70.1 cm³/mol. The van der Waals surface area contributed by atoms with Gasteiger partial charge in [-0.25, -0.2) is 0 Å². The van der Waals surface area contributed by atoms with Gasteiger partial charge < -0.3 is 10.2 Å². The first kappa shape index (κ1) is 11.5. The minimum Gasteiger partial charge on any atom is -0.381 e. The summed E-state index contributed by atoms with van der Waals surface area (Å²) in [4.78, 5) is 2.38. The fraction of sp³-hybridized carbons (Fsp3) is 0.571. The van der Waals surface area contributed by atoms with E-state index in [1.807, 2.05) is 0 Å². The van der Waals surface area contributed by atoms with E-state index in [2.05, 4.69) is 55.4 Å². The SMILES string of the molecule is CC(C)c1cccc(NC2CCN(C)C2)c1. The number of benzene rings is 1. The zero-order chi connectivity index (χ0) is 11.5. The van der Waals surface area contributed by atoms with Crippen molar-refractivity contribution in [2.24, 2.45) is 0 Å². The summed E-state index contributed by atoms with van der Waals surface area (Å²) in [6.45, 7) is 6.85. The molecule has 0 saturated carbocycles. The van der Waals surface area contributed by atoms with Crippen LogP contribution in [-0.4, -0.2) is 31.1 Å². The summed E-state index contributed by atoms with van der Waals surface area (Å²) in [5.41, 5.74) is 2.68. The van der Waals surface area contributed by atoms with E-state index in [4.69, 9.17) is 0 Å². The second kappa shape index (κ2) is 4.88. The quantitative estimate of drug-likeness (QED) is 0.839. The summed E-state index contributed by atoms with van der Waals surface area (Å²) in [6, 6.07) is 9.42. The highest BCUT2D eigenvalue weighted by Crippen LogP contribution is 2.20. The van der Waals surface area contributed by atoms with Crippen molar-refractivity contribution in [1.82, 2.24) is 4.90 Å². The van der Waals surface area contributed by atoms with E-state index >= 15 is 0 Å². The minimum atomic E-state index is 0.605. The minimum absolute atomic E-state index is 0.605. The van der Waals surface area contributed by atoms with Gasteiger partial charge in [-0.15, -0.1) is 0 Å². The number of nitrogens with one attached hydrogen (secondary N) is 1. The van der Waals surface area contributed by atoms with Crippen molar-refractivity contribution < 1.29 is 0 Å². The van der Waals surface area contributed by atoms with Gasteiger partial charge in [0.15, 0.2) is 0 Å². The van der Waals surface area contributed by atoms with Crippen molar-refractivity contribution in [3.63, 3.8) is 0 Å². The normalized spacial score (nSPS) is 21.6. The van der Waals surface area contributed by atoms with Gasteiger partial charge in [0.1, 0.15) is 0 Å². The number of nitrogens with zero attached hydrogens (tertiary/aromatic N) is 1. The van der Waals surface area contributed by atoms with Gasteiger partial charge in [-0.05, 0) is 43.6 Å². The van der Waals surface area contributed by atoms with Gasteiger partial charge in [-0.3, -0.25) is 0 Å². The fourth-order valence-corrected chi connectivity index (χ4v) is 2.28. The molecule has 1 aliphatic heterocycles.